The standard InChI is InChI=1S/C17H24O10/c1-23-8-3-7(15-11(6-19)25-15)4-9(24-2)16(8)27-17-14(22)13(21)12(20)10(5-18)26-17/h3-4,10-15,17-22H,5-6H2,1-2H3. The first-order chi connectivity index (χ1) is 12.9. The molecule has 2 aliphatic rings. The van der Waals surface area contributed by atoms with Gasteiger partial charge in [0.1, 0.15) is 36.6 Å². The summed E-state index contributed by atoms with van der Waals surface area (Å²) in [5.41, 5.74) is 0.712. The van der Waals surface area contributed by atoms with Gasteiger partial charge in [0.25, 0.3) is 0 Å². The van der Waals surface area contributed by atoms with E-state index in [1.807, 2.05) is 0 Å². The lowest BCUT2D eigenvalue weighted by Gasteiger charge is -2.39. The van der Waals surface area contributed by atoms with Crippen molar-refractivity contribution in [1.82, 2.24) is 0 Å². The summed E-state index contributed by atoms with van der Waals surface area (Å²) >= 11 is 0. The van der Waals surface area contributed by atoms with E-state index in [2.05, 4.69) is 0 Å². The molecular formula is C17H24O10. The lowest BCUT2D eigenvalue weighted by Crippen LogP contribution is -2.60. The first-order valence-electron chi connectivity index (χ1n) is 8.44. The number of epoxide rings is 1. The molecular weight excluding hydrogens is 364 g/mol. The third-order valence-corrected chi connectivity index (χ3v) is 4.66. The molecule has 0 aliphatic carbocycles. The van der Waals surface area contributed by atoms with E-state index in [1.165, 1.54) is 14.2 Å². The van der Waals surface area contributed by atoms with E-state index >= 15 is 0 Å². The Morgan fingerprint density at radius 1 is 0.852 bits per heavy atom. The SMILES string of the molecule is COc1cc(C2OC2CO)cc(OC)c1OC1OC(CO)C(O)C(O)C1O. The lowest BCUT2D eigenvalue weighted by molar-refractivity contribution is -0.277. The fraction of sp³-hybridized carbons (Fsp3) is 0.647. The van der Waals surface area contributed by atoms with Crippen LogP contribution in [-0.2, 0) is 9.47 Å². The van der Waals surface area contributed by atoms with E-state index in [4.69, 9.17) is 28.8 Å². The zero-order valence-corrected chi connectivity index (χ0v) is 14.9. The zero-order chi connectivity index (χ0) is 19.7. The second-order valence-electron chi connectivity index (χ2n) is 6.35. The molecule has 152 valence electrons. The van der Waals surface area contributed by atoms with E-state index in [0.29, 0.717) is 5.56 Å². The number of methoxy groups -OCH3 is 2. The Labute approximate surface area is 155 Å². The van der Waals surface area contributed by atoms with Crippen LogP contribution in [0.2, 0.25) is 0 Å². The van der Waals surface area contributed by atoms with Crippen molar-refractivity contribution in [3.8, 4) is 17.2 Å². The molecule has 10 nitrogen and oxygen atoms in total. The Hall–Kier alpha value is -1.66. The van der Waals surface area contributed by atoms with Gasteiger partial charge in [-0.3, -0.25) is 0 Å². The predicted molar refractivity (Wildman–Crippen MR) is 88.6 cm³/mol. The van der Waals surface area contributed by atoms with Crippen LogP contribution in [0.5, 0.6) is 17.2 Å². The van der Waals surface area contributed by atoms with Gasteiger partial charge in [0.2, 0.25) is 12.0 Å². The van der Waals surface area contributed by atoms with E-state index in [-0.39, 0.29) is 36.1 Å². The van der Waals surface area contributed by atoms with Gasteiger partial charge in [0, 0.05) is 0 Å². The first kappa shape index (κ1) is 20.1. The number of ether oxygens (including phenoxy) is 5. The van der Waals surface area contributed by atoms with Crippen molar-refractivity contribution in [3.63, 3.8) is 0 Å². The van der Waals surface area contributed by atoms with Gasteiger partial charge in [-0.25, -0.2) is 0 Å². The van der Waals surface area contributed by atoms with E-state index in [1.54, 1.807) is 12.1 Å². The van der Waals surface area contributed by atoms with Crippen molar-refractivity contribution in [2.24, 2.45) is 0 Å². The zero-order valence-electron chi connectivity index (χ0n) is 14.9. The minimum Gasteiger partial charge on any atom is -0.493 e. The van der Waals surface area contributed by atoms with Crippen molar-refractivity contribution >= 4 is 0 Å². The monoisotopic (exact) mass is 388 g/mol. The van der Waals surface area contributed by atoms with Crippen LogP contribution in [-0.4, -0.2) is 89.8 Å². The van der Waals surface area contributed by atoms with Crippen LogP contribution in [0.4, 0.5) is 0 Å². The van der Waals surface area contributed by atoms with Crippen molar-refractivity contribution in [1.29, 1.82) is 0 Å². The molecule has 1 aromatic carbocycles. The Bertz CT molecular complexity index is 626. The molecule has 5 N–H and O–H groups in total. The summed E-state index contributed by atoms with van der Waals surface area (Å²) in [6, 6.07) is 3.28. The van der Waals surface area contributed by atoms with Crippen molar-refractivity contribution in [2.45, 2.75) is 42.9 Å². The minimum absolute atomic E-state index is 0.106. The highest BCUT2D eigenvalue weighted by molar-refractivity contribution is 5.55. The summed E-state index contributed by atoms with van der Waals surface area (Å²) in [5.74, 6) is 0.622. The van der Waals surface area contributed by atoms with Gasteiger partial charge < -0.3 is 49.2 Å². The van der Waals surface area contributed by atoms with Gasteiger partial charge >= 0.3 is 0 Å². The molecule has 3 rings (SSSR count). The fourth-order valence-corrected chi connectivity index (χ4v) is 3.04. The Morgan fingerprint density at radius 2 is 1.44 bits per heavy atom. The Morgan fingerprint density at radius 3 is 1.93 bits per heavy atom. The molecule has 0 bridgehead atoms. The third-order valence-electron chi connectivity index (χ3n) is 4.66. The summed E-state index contributed by atoms with van der Waals surface area (Å²) in [5, 5.41) is 48.4. The number of aliphatic hydroxyl groups is 5. The van der Waals surface area contributed by atoms with Gasteiger partial charge in [0.15, 0.2) is 11.5 Å². The molecule has 2 aliphatic heterocycles. The molecule has 0 radical (unpaired) electrons. The molecule has 0 saturated carbocycles. The molecule has 7 atom stereocenters. The summed E-state index contributed by atoms with van der Waals surface area (Å²) < 4.78 is 27.1. The van der Waals surface area contributed by atoms with E-state index < -0.39 is 37.3 Å². The molecule has 10 heteroatoms. The molecule has 2 heterocycles. The van der Waals surface area contributed by atoms with E-state index in [9.17, 15) is 20.4 Å². The molecule has 2 fully saturated rings. The predicted octanol–water partition coefficient (Wildman–Crippen LogP) is -1.69. The van der Waals surface area contributed by atoms with Gasteiger partial charge in [0.05, 0.1) is 27.4 Å². The van der Waals surface area contributed by atoms with Crippen LogP contribution < -0.4 is 14.2 Å². The van der Waals surface area contributed by atoms with Gasteiger partial charge in [-0.1, -0.05) is 0 Å². The Kier molecular flexibility index (Phi) is 6.06. The van der Waals surface area contributed by atoms with E-state index in [0.717, 1.165) is 0 Å². The molecule has 0 spiro atoms. The largest absolute Gasteiger partial charge is 0.493 e. The van der Waals surface area contributed by atoms with Crippen LogP contribution in [0.1, 0.15) is 11.7 Å². The first-order valence-corrected chi connectivity index (χ1v) is 8.44. The van der Waals surface area contributed by atoms with Crippen LogP contribution in [0.25, 0.3) is 0 Å². The number of benzene rings is 1. The second kappa shape index (κ2) is 8.15. The van der Waals surface area contributed by atoms with Crippen molar-refractivity contribution < 1.29 is 49.2 Å². The second-order valence-corrected chi connectivity index (χ2v) is 6.35. The molecule has 7 unspecified atom stereocenters. The summed E-state index contributed by atoms with van der Waals surface area (Å²) in [4.78, 5) is 0. The lowest BCUT2D eigenvalue weighted by atomic mass is 9.99. The molecule has 0 aromatic heterocycles. The number of hydrogen-bond donors (Lipinski definition) is 5. The topological polar surface area (TPSA) is 151 Å². The summed E-state index contributed by atoms with van der Waals surface area (Å²) in [7, 11) is 2.83. The third kappa shape index (κ3) is 3.83. The van der Waals surface area contributed by atoms with Gasteiger partial charge in [-0.05, 0) is 17.7 Å². The highest BCUT2D eigenvalue weighted by Gasteiger charge is 2.45. The average molecular weight is 388 g/mol. The maximum Gasteiger partial charge on any atom is 0.229 e. The van der Waals surface area contributed by atoms with Gasteiger partial charge in [-0.15, -0.1) is 0 Å². The van der Waals surface area contributed by atoms with Gasteiger partial charge in [-0.2, -0.15) is 0 Å². The average Bonchev–Trinajstić information content (AvgIpc) is 3.48. The summed E-state index contributed by atoms with van der Waals surface area (Å²) in [6.07, 6.45) is -7.69. The quantitative estimate of drug-likeness (QED) is 0.342. The van der Waals surface area contributed by atoms with Crippen molar-refractivity contribution in [2.75, 3.05) is 27.4 Å². The number of hydrogen-bond acceptors (Lipinski definition) is 10. The van der Waals surface area contributed by atoms with Crippen molar-refractivity contribution in [3.05, 3.63) is 17.7 Å². The van der Waals surface area contributed by atoms with Crippen LogP contribution in [0, 0.1) is 0 Å². The van der Waals surface area contributed by atoms with Crippen LogP contribution in [0.3, 0.4) is 0 Å². The molecule has 1 aromatic rings. The van der Waals surface area contributed by atoms with Crippen LogP contribution >= 0.6 is 0 Å². The maximum absolute atomic E-state index is 10.2. The normalized spacial score (nSPS) is 35.6. The molecule has 2 saturated heterocycles. The smallest absolute Gasteiger partial charge is 0.229 e. The summed E-state index contributed by atoms with van der Waals surface area (Å²) in [6.45, 7) is -0.683. The number of aliphatic hydroxyl groups excluding tert-OH is 5. The minimum atomic E-state index is -1.57. The molecule has 0 amide bonds. The Balaban J connectivity index is 1.87. The molecule has 27 heavy (non-hydrogen) atoms. The maximum atomic E-state index is 10.2. The highest BCUT2D eigenvalue weighted by atomic mass is 16.7. The fourth-order valence-electron chi connectivity index (χ4n) is 3.04. The van der Waals surface area contributed by atoms with Crippen LogP contribution in [0.15, 0.2) is 12.1 Å². The highest BCUT2D eigenvalue weighted by Crippen LogP contribution is 2.46. The number of rotatable bonds is 7.